The van der Waals surface area contributed by atoms with Gasteiger partial charge in [0.1, 0.15) is 6.61 Å². The number of allylic oxidation sites excluding steroid dienone is 1. The molecular weight excluding hydrogens is 675 g/mol. The molecule has 0 unspecified atom stereocenters. The third-order valence-electron chi connectivity index (χ3n) is 7.35. The average Bonchev–Trinajstić information content (AvgIpc) is 3.34. The number of ether oxygens (including phenoxy) is 5. The summed E-state index contributed by atoms with van der Waals surface area (Å²) < 4.78 is 30.9. The van der Waals surface area contributed by atoms with E-state index in [1.807, 2.05) is 45.0 Å². The van der Waals surface area contributed by atoms with Gasteiger partial charge in [0.2, 0.25) is 0 Å². The van der Waals surface area contributed by atoms with Gasteiger partial charge in [0.05, 0.1) is 48.3 Å². The molecule has 0 aliphatic carbocycles. The summed E-state index contributed by atoms with van der Waals surface area (Å²) in [5, 5.41) is 1.05. The Bertz CT molecular complexity index is 2050. The standard InChI is InChI=1S/C36H36Cl2N2O7S/c1-7-44-30-15-22(9-13-27(30)46-19-24-10-12-25(37)18-26(24)38)16-31-34(41)40-33(23-11-14-28(47-20(3)4)29(17-23)43-6)32(35(42)45-8-2)21(5)39-36(40)48-31/h9-18,20,33H,7-8,19H2,1-6H3/b31-16-/t33-/m0/s1. The minimum absolute atomic E-state index is 0.0782. The first-order valence-corrected chi connectivity index (χ1v) is 17.0. The molecule has 0 bridgehead atoms. The maximum Gasteiger partial charge on any atom is 0.338 e. The summed E-state index contributed by atoms with van der Waals surface area (Å²) in [5.41, 5.74) is 2.57. The molecule has 1 aliphatic rings. The number of benzene rings is 3. The van der Waals surface area contributed by atoms with Gasteiger partial charge in [0.25, 0.3) is 5.56 Å². The van der Waals surface area contributed by atoms with Crippen molar-refractivity contribution in [3.8, 4) is 23.0 Å². The fraction of sp³-hybridized carbons (Fsp3) is 0.306. The van der Waals surface area contributed by atoms with Crippen molar-refractivity contribution in [1.29, 1.82) is 0 Å². The Balaban J connectivity index is 1.57. The predicted octanol–water partition coefficient (Wildman–Crippen LogP) is 6.88. The van der Waals surface area contributed by atoms with E-state index in [0.29, 0.717) is 60.2 Å². The maximum atomic E-state index is 14.2. The summed E-state index contributed by atoms with van der Waals surface area (Å²) in [6.07, 6.45) is 1.69. The van der Waals surface area contributed by atoms with E-state index in [2.05, 4.69) is 4.99 Å². The molecule has 3 aromatic carbocycles. The molecule has 1 aliphatic heterocycles. The molecule has 0 N–H and O–H groups in total. The fourth-order valence-electron chi connectivity index (χ4n) is 5.26. The first-order valence-electron chi connectivity index (χ1n) is 15.4. The lowest BCUT2D eigenvalue weighted by molar-refractivity contribution is -0.139. The number of carbonyl (C=O) groups excluding carboxylic acids is 1. The molecule has 2 heterocycles. The molecule has 48 heavy (non-hydrogen) atoms. The topological polar surface area (TPSA) is 97.6 Å². The van der Waals surface area contributed by atoms with E-state index in [0.717, 1.165) is 11.1 Å². The Morgan fingerprint density at radius 1 is 0.979 bits per heavy atom. The highest BCUT2D eigenvalue weighted by atomic mass is 35.5. The van der Waals surface area contributed by atoms with Crippen LogP contribution in [0.1, 0.15) is 57.4 Å². The zero-order chi connectivity index (χ0) is 34.5. The van der Waals surface area contributed by atoms with Crippen LogP contribution >= 0.6 is 34.5 Å². The number of nitrogens with zero attached hydrogens (tertiary/aromatic N) is 2. The average molecular weight is 712 g/mol. The molecular formula is C36H36Cl2N2O7S. The van der Waals surface area contributed by atoms with Gasteiger partial charge in [0, 0.05) is 15.6 Å². The number of fused-ring (bicyclic) bond motifs is 1. The minimum Gasteiger partial charge on any atom is -0.493 e. The van der Waals surface area contributed by atoms with Crippen molar-refractivity contribution in [2.75, 3.05) is 20.3 Å². The number of aromatic nitrogens is 1. The van der Waals surface area contributed by atoms with Gasteiger partial charge in [0.15, 0.2) is 27.8 Å². The summed E-state index contributed by atoms with van der Waals surface area (Å²) in [5.74, 6) is 1.52. The van der Waals surface area contributed by atoms with Crippen molar-refractivity contribution in [3.05, 3.63) is 112 Å². The Hall–Kier alpha value is -4.25. The normalized spacial score (nSPS) is 14.4. The maximum absolute atomic E-state index is 14.2. The van der Waals surface area contributed by atoms with E-state index in [4.69, 9.17) is 46.9 Å². The zero-order valence-electron chi connectivity index (χ0n) is 27.5. The van der Waals surface area contributed by atoms with Crippen LogP contribution in [0, 0.1) is 0 Å². The van der Waals surface area contributed by atoms with E-state index in [1.54, 1.807) is 57.4 Å². The van der Waals surface area contributed by atoms with Crippen LogP contribution < -0.4 is 33.8 Å². The van der Waals surface area contributed by atoms with Crippen molar-refractivity contribution in [1.82, 2.24) is 4.57 Å². The second-order valence-electron chi connectivity index (χ2n) is 11.0. The number of esters is 1. The van der Waals surface area contributed by atoms with E-state index < -0.39 is 12.0 Å². The van der Waals surface area contributed by atoms with Crippen molar-refractivity contribution < 1.29 is 28.5 Å². The molecule has 0 radical (unpaired) electrons. The lowest BCUT2D eigenvalue weighted by Crippen LogP contribution is -2.40. The zero-order valence-corrected chi connectivity index (χ0v) is 29.8. The van der Waals surface area contributed by atoms with Crippen LogP contribution in [-0.4, -0.2) is 37.0 Å². The Morgan fingerprint density at radius 3 is 2.44 bits per heavy atom. The van der Waals surface area contributed by atoms with Crippen molar-refractivity contribution in [2.45, 2.75) is 53.4 Å². The molecule has 1 aromatic heterocycles. The Morgan fingerprint density at radius 2 is 1.75 bits per heavy atom. The van der Waals surface area contributed by atoms with Crippen LogP contribution in [0.4, 0.5) is 0 Å². The number of hydrogen-bond acceptors (Lipinski definition) is 9. The number of rotatable bonds is 12. The number of carbonyl (C=O) groups is 1. The number of methoxy groups -OCH3 is 1. The monoisotopic (exact) mass is 710 g/mol. The first-order chi connectivity index (χ1) is 23.0. The van der Waals surface area contributed by atoms with Crippen LogP contribution in [0.5, 0.6) is 23.0 Å². The van der Waals surface area contributed by atoms with Crippen LogP contribution in [0.25, 0.3) is 6.08 Å². The largest absolute Gasteiger partial charge is 0.493 e. The third-order valence-corrected chi connectivity index (χ3v) is 8.92. The summed E-state index contributed by atoms with van der Waals surface area (Å²) in [6, 6.07) is 15.2. The molecule has 0 saturated heterocycles. The minimum atomic E-state index is -0.807. The molecule has 9 nitrogen and oxygen atoms in total. The number of thiazole rings is 1. The predicted molar refractivity (Wildman–Crippen MR) is 188 cm³/mol. The van der Waals surface area contributed by atoms with Gasteiger partial charge in [-0.2, -0.15) is 0 Å². The van der Waals surface area contributed by atoms with Crippen molar-refractivity contribution in [2.24, 2.45) is 4.99 Å². The molecule has 252 valence electrons. The fourth-order valence-corrected chi connectivity index (χ4v) is 6.77. The smallest absolute Gasteiger partial charge is 0.338 e. The Labute approximate surface area is 292 Å². The number of halogens is 2. The highest BCUT2D eigenvalue weighted by Gasteiger charge is 2.34. The van der Waals surface area contributed by atoms with Crippen molar-refractivity contribution >= 4 is 46.6 Å². The van der Waals surface area contributed by atoms with Gasteiger partial charge in [-0.25, -0.2) is 9.79 Å². The SMILES string of the molecule is CCOC(=O)C1=C(C)N=c2s/c(=C\c3ccc(OCc4ccc(Cl)cc4Cl)c(OCC)c3)c(=O)n2[C@H]1c1ccc(OC(C)C)c(OC)c1. The highest BCUT2D eigenvalue weighted by Crippen LogP contribution is 2.37. The highest BCUT2D eigenvalue weighted by molar-refractivity contribution is 7.07. The van der Waals surface area contributed by atoms with Crippen LogP contribution in [0.2, 0.25) is 10.0 Å². The molecule has 0 spiro atoms. The van der Waals surface area contributed by atoms with E-state index in [1.165, 1.54) is 15.9 Å². The molecule has 12 heteroatoms. The van der Waals surface area contributed by atoms with Crippen LogP contribution in [-0.2, 0) is 16.1 Å². The lowest BCUT2D eigenvalue weighted by atomic mass is 9.95. The van der Waals surface area contributed by atoms with Gasteiger partial charge >= 0.3 is 5.97 Å². The summed E-state index contributed by atoms with van der Waals surface area (Å²) >= 11 is 13.6. The van der Waals surface area contributed by atoms with Gasteiger partial charge in [-0.1, -0.05) is 52.7 Å². The molecule has 0 amide bonds. The second-order valence-corrected chi connectivity index (χ2v) is 12.9. The molecule has 5 rings (SSSR count). The molecule has 1 atom stereocenters. The molecule has 0 fully saturated rings. The first kappa shape index (κ1) is 35.1. The number of hydrogen-bond donors (Lipinski definition) is 0. The van der Waals surface area contributed by atoms with Crippen LogP contribution in [0.15, 0.2) is 75.7 Å². The van der Waals surface area contributed by atoms with Crippen LogP contribution in [0.3, 0.4) is 0 Å². The summed E-state index contributed by atoms with van der Waals surface area (Å²) in [6.45, 7) is 10.00. The summed E-state index contributed by atoms with van der Waals surface area (Å²) in [7, 11) is 1.55. The Kier molecular flexibility index (Phi) is 11.2. The van der Waals surface area contributed by atoms with E-state index >= 15 is 0 Å². The third kappa shape index (κ3) is 7.56. The van der Waals surface area contributed by atoms with Crippen molar-refractivity contribution in [3.63, 3.8) is 0 Å². The second kappa shape index (κ2) is 15.3. The van der Waals surface area contributed by atoms with E-state index in [9.17, 15) is 9.59 Å². The van der Waals surface area contributed by atoms with Gasteiger partial charge < -0.3 is 23.7 Å². The molecule has 4 aromatic rings. The molecule has 0 saturated carbocycles. The van der Waals surface area contributed by atoms with E-state index in [-0.39, 0.29) is 30.5 Å². The lowest BCUT2D eigenvalue weighted by Gasteiger charge is -2.25. The summed E-state index contributed by atoms with van der Waals surface area (Å²) in [4.78, 5) is 32.6. The van der Waals surface area contributed by atoms with Gasteiger partial charge in [-0.3, -0.25) is 9.36 Å². The quantitative estimate of drug-likeness (QED) is 0.148. The van der Waals surface area contributed by atoms with Gasteiger partial charge in [-0.05, 0) is 88.2 Å². The van der Waals surface area contributed by atoms with Gasteiger partial charge in [-0.15, -0.1) is 0 Å².